The quantitative estimate of drug-likeness (QED) is 0.781. The number of rotatable bonds is 4. The molecule has 8 nitrogen and oxygen atoms in total. The molecule has 9 heteroatoms. The molecule has 1 aromatic carbocycles. The number of ether oxygens (including phenoxy) is 1. The number of amides is 2. The Labute approximate surface area is 166 Å². The molecule has 1 aromatic rings. The Morgan fingerprint density at radius 1 is 1.11 bits per heavy atom. The molecule has 156 valence electrons. The minimum Gasteiger partial charge on any atom is -0.444 e. The van der Waals surface area contributed by atoms with Gasteiger partial charge in [0.25, 0.3) is 0 Å². The number of sulfonamides is 1. The Kier molecular flexibility index (Phi) is 5.57. The van der Waals surface area contributed by atoms with Gasteiger partial charge in [0.2, 0.25) is 15.9 Å². The fraction of sp³-hybridized carbons (Fsp3) is 0.579. The van der Waals surface area contributed by atoms with Crippen molar-refractivity contribution in [2.75, 3.05) is 13.1 Å². The third-order valence-electron chi connectivity index (χ3n) is 4.94. The highest BCUT2D eigenvalue weighted by Crippen LogP contribution is 2.30. The molecule has 0 atom stereocenters. The number of nitrogens with zero attached hydrogens (tertiary/aromatic N) is 1. The summed E-state index contributed by atoms with van der Waals surface area (Å²) in [4.78, 5) is 25.6. The molecule has 0 bridgehead atoms. The number of aryl methyl sites for hydroxylation is 2. The molecule has 0 unspecified atom stereocenters. The first-order valence-corrected chi connectivity index (χ1v) is 10.5. The number of carbonyl (C=O) groups is 2. The van der Waals surface area contributed by atoms with Crippen LogP contribution in [0.1, 0.15) is 43.0 Å². The molecule has 28 heavy (non-hydrogen) atoms. The molecule has 1 aliphatic rings. The summed E-state index contributed by atoms with van der Waals surface area (Å²) in [7, 11) is -4.04. The lowest BCUT2D eigenvalue weighted by Crippen LogP contribution is -2.76. The van der Waals surface area contributed by atoms with Crippen LogP contribution in [-0.4, -0.2) is 49.5 Å². The highest BCUT2D eigenvalue weighted by atomic mass is 32.2. The maximum atomic E-state index is 13.1. The first-order valence-electron chi connectivity index (χ1n) is 8.99. The summed E-state index contributed by atoms with van der Waals surface area (Å²) < 4.78 is 34.0. The van der Waals surface area contributed by atoms with E-state index in [0.29, 0.717) is 11.1 Å². The van der Waals surface area contributed by atoms with Crippen LogP contribution in [0.2, 0.25) is 0 Å². The van der Waals surface area contributed by atoms with Crippen molar-refractivity contribution in [2.24, 2.45) is 5.73 Å². The number of hydrogen-bond donors (Lipinski definition) is 2. The minimum atomic E-state index is -4.04. The van der Waals surface area contributed by atoms with Crippen molar-refractivity contribution >= 4 is 22.0 Å². The summed E-state index contributed by atoms with van der Waals surface area (Å²) >= 11 is 0. The van der Waals surface area contributed by atoms with Gasteiger partial charge in [-0.1, -0.05) is 6.07 Å². The first kappa shape index (κ1) is 22.2. The number of nitrogens with one attached hydrogen (secondary N) is 1. The van der Waals surface area contributed by atoms with Gasteiger partial charge >= 0.3 is 6.09 Å². The number of benzene rings is 1. The van der Waals surface area contributed by atoms with Crippen LogP contribution in [0.15, 0.2) is 11.0 Å². The number of likely N-dealkylation sites (tertiary alicyclic amines) is 1. The molecule has 1 saturated heterocycles. The first-order chi connectivity index (χ1) is 12.6. The molecule has 0 radical (unpaired) electrons. The SMILES string of the molecule is Cc1cc(C)c(C)c(S(=O)(=O)NC2(C(N)=O)CN(C(=O)OC(C)(C)C)C2)c1C. The van der Waals surface area contributed by atoms with Crippen LogP contribution >= 0.6 is 0 Å². The number of primary amides is 1. The average Bonchev–Trinajstić information content (AvgIpc) is 2.46. The van der Waals surface area contributed by atoms with Crippen molar-refractivity contribution in [1.29, 1.82) is 0 Å². The van der Waals surface area contributed by atoms with Gasteiger partial charge in [0.15, 0.2) is 0 Å². The molecular weight excluding hydrogens is 382 g/mol. The molecular formula is C19H29N3O5S. The van der Waals surface area contributed by atoms with Crippen LogP contribution in [-0.2, 0) is 19.6 Å². The minimum absolute atomic E-state index is 0.140. The van der Waals surface area contributed by atoms with Crippen molar-refractivity contribution in [3.05, 3.63) is 28.3 Å². The molecule has 3 N–H and O–H groups in total. The predicted octanol–water partition coefficient (Wildman–Crippen LogP) is 1.67. The van der Waals surface area contributed by atoms with Gasteiger partial charge in [-0.3, -0.25) is 4.79 Å². The van der Waals surface area contributed by atoms with Gasteiger partial charge in [-0.25, -0.2) is 13.2 Å². The van der Waals surface area contributed by atoms with E-state index in [2.05, 4.69) is 4.72 Å². The molecule has 0 aliphatic carbocycles. The maximum absolute atomic E-state index is 13.1. The Balaban J connectivity index is 2.33. The monoisotopic (exact) mass is 411 g/mol. The van der Waals surface area contributed by atoms with E-state index in [1.54, 1.807) is 34.6 Å². The van der Waals surface area contributed by atoms with Crippen LogP contribution < -0.4 is 10.5 Å². The van der Waals surface area contributed by atoms with E-state index in [-0.39, 0.29) is 18.0 Å². The molecule has 2 amide bonds. The maximum Gasteiger partial charge on any atom is 0.410 e. The van der Waals surface area contributed by atoms with Crippen molar-refractivity contribution in [2.45, 2.75) is 64.5 Å². The van der Waals surface area contributed by atoms with E-state index in [1.807, 2.05) is 19.9 Å². The predicted molar refractivity (Wildman–Crippen MR) is 105 cm³/mol. The zero-order valence-corrected chi connectivity index (χ0v) is 18.3. The Morgan fingerprint density at radius 2 is 1.57 bits per heavy atom. The number of hydrogen-bond acceptors (Lipinski definition) is 5. The second-order valence-corrected chi connectivity index (χ2v) is 10.1. The molecule has 1 aliphatic heterocycles. The summed E-state index contributed by atoms with van der Waals surface area (Å²) in [5.41, 5.74) is 6.12. The van der Waals surface area contributed by atoms with Gasteiger partial charge in [-0.15, -0.1) is 0 Å². The van der Waals surface area contributed by atoms with Crippen molar-refractivity contribution in [1.82, 2.24) is 9.62 Å². The van der Waals surface area contributed by atoms with Crippen LogP contribution in [0, 0.1) is 27.7 Å². The number of nitrogens with two attached hydrogens (primary N) is 1. The molecule has 1 fully saturated rings. The van der Waals surface area contributed by atoms with Gasteiger partial charge in [0.05, 0.1) is 18.0 Å². The lowest BCUT2D eigenvalue weighted by atomic mass is 9.91. The fourth-order valence-corrected chi connectivity index (χ4v) is 5.20. The van der Waals surface area contributed by atoms with Crippen LogP contribution in [0.5, 0.6) is 0 Å². The van der Waals surface area contributed by atoms with Gasteiger partial charge in [-0.2, -0.15) is 4.72 Å². The highest BCUT2D eigenvalue weighted by Gasteiger charge is 2.53. The molecule has 0 aromatic heterocycles. The van der Waals surface area contributed by atoms with Crippen molar-refractivity contribution < 1.29 is 22.7 Å². The summed E-state index contributed by atoms with van der Waals surface area (Å²) in [5, 5.41) is 0. The lowest BCUT2D eigenvalue weighted by Gasteiger charge is -2.47. The van der Waals surface area contributed by atoms with Crippen molar-refractivity contribution in [3.8, 4) is 0 Å². The van der Waals surface area contributed by atoms with E-state index < -0.39 is 33.2 Å². The summed E-state index contributed by atoms with van der Waals surface area (Å²) in [5.74, 6) is -0.837. The zero-order chi connectivity index (χ0) is 21.7. The largest absolute Gasteiger partial charge is 0.444 e. The lowest BCUT2D eigenvalue weighted by molar-refractivity contribution is -0.129. The van der Waals surface area contributed by atoms with E-state index >= 15 is 0 Å². The smallest absolute Gasteiger partial charge is 0.410 e. The normalized spacial score (nSPS) is 16.5. The Morgan fingerprint density at radius 3 is 1.96 bits per heavy atom. The van der Waals surface area contributed by atoms with E-state index in [4.69, 9.17) is 10.5 Å². The Bertz CT molecular complexity index is 900. The standard InChI is InChI=1S/C19H29N3O5S/c1-11-8-12(2)14(4)15(13(11)3)28(25,26)21-19(16(20)23)9-22(10-19)17(24)27-18(5,6)7/h8,21H,9-10H2,1-7H3,(H2,20,23). The van der Waals surface area contributed by atoms with Gasteiger partial charge in [-0.05, 0) is 70.7 Å². The summed E-state index contributed by atoms with van der Waals surface area (Å²) in [6.07, 6.45) is -0.623. The molecule has 2 rings (SSSR count). The van der Waals surface area contributed by atoms with Crippen LogP contribution in [0.3, 0.4) is 0 Å². The van der Waals surface area contributed by atoms with Crippen LogP contribution in [0.25, 0.3) is 0 Å². The third kappa shape index (κ3) is 4.15. The zero-order valence-electron chi connectivity index (χ0n) is 17.5. The van der Waals surface area contributed by atoms with E-state index in [9.17, 15) is 18.0 Å². The van der Waals surface area contributed by atoms with Crippen LogP contribution in [0.4, 0.5) is 4.79 Å². The van der Waals surface area contributed by atoms with Gasteiger partial charge in [0, 0.05) is 0 Å². The number of carbonyl (C=O) groups excluding carboxylic acids is 2. The summed E-state index contributed by atoms with van der Waals surface area (Å²) in [6.45, 7) is 11.9. The second kappa shape index (κ2) is 7.04. The summed E-state index contributed by atoms with van der Waals surface area (Å²) in [6, 6.07) is 1.92. The second-order valence-electron chi connectivity index (χ2n) is 8.48. The fourth-order valence-electron chi connectivity index (χ4n) is 3.22. The average molecular weight is 412 g/mol. The highest BCUT2D eigenvalue weighted by molar-refractivity contribution is 7.89. The molecule has 0 spiro atoms. The molecule has 1 heterocycles. The van der Waals surface area contributed by atoms with Gasteiger partial charge in [0.1, 0.15) is 11.1 Å². The van der Waals surface area contributed by atoms with Gasteiger partial charge < -0.3 is 15.4 Å². The third-order valence-corrected chi connectivity index (χ3v) is 6.75. The topological polar surface area (TPSA) is 119 Å². The van der Waals surface area contributed by atoms with Crippen molar-refractivity contribution in [3.63, 3.8) is 0 Å². The van der Waals surface area contributed by atoms with E-state index in [0.717, 1.165) is 11.1 Å². The Hall–Kier alpha value is -2.13. The molecule has 0 saturated carbocycles. The van der Waals surface area contributed by atoms with E-state index in [1.165, 1.54) is 4.90 Å².